The summed E-state index contributed by atoms with van der Waals surface area (Å²) >= 11 is 5.61. The van der Waals surface area contributed by atoms with E-state index in [0.29, 0.717) is 0 Å². The largest absolute Gasteiger partial charge is 0.493 e. The first-order valence-corrected chi connectivity index (χ1v) is 4.90. The molecular weight excluding hydrogens is 261 g/mol. The standard InChI is InChI=1S/C10H8ClF3O3/c11-8-5-6(1-2-7(8)9(15)16)17-4-3-10(12,13)14/h1-2,5H,3-4H2,(H,15,16). The Morgan fingerprint density at radius 3 is 2.53 bits per heavy atom. The molecule has 0 aliphatic rings. The highest BCUT2D eigenvalue weighted by atomic mass is 35.5. The summed E-state index contributed by atoms with van der Waals surface area (Å²) in [5, 5.41) is 8.58. The Balaban J connectivity index is 2.62. The van der Waals surface area contributed by atoms with Crippen molar-refractivity contribution < 1.29 is 27.8 Å². The molecular formula is C10H8ClF3O3. The number of carboxylic acid groups (broad SMARTS) is 1. The van der Waals surface area contributed by atoms with Gasteiger partial charge in [-0.15, -0.1) is 0 Å². The highest BCUT2D eigenvalue weighted by molar-refractivity contribution is 6.33. The van der Waals surface area contributed by atoms with Gasteiger partial charge in [0.25, 0.3) is 0 Å². The van der Waals surface area contributed by atoms with Gasteiger partial charge in [-0.3, -0.25) is 0 Å². The molecule has 0 unspecified atom stereocenters. The van der Waals surface area contributed by atoms with Gasteiger partial charge in [0.1, 0.15) is 5.75 Å². The summed E-state index contributed by atoms with van der Waals surface area (Å²) in [5.41, 5.74) is -0.130. The Hall–Kier alpha value is -1.43. The third kappa shape index (κ3) is 4.52. The molecule has 0 atom stereocenters. The third-order valence-corrected chi connectivity index (χ3v) is 2.14. The zero-order chi connectivity index (χ0) is 13.1. The molecule has 0 aliphatic heterocycles. The lowest BCUT2D eigenvalue weighted by molar-refractivity contribution is -0.139. The van der Waals surface area contributed by atoms with E-state index in [4.69, 9.17) is 21.4 Å². The number of benzene rings is 1. The van der Waals surface area contributed by atoms with Crippen molar-refractivity contribution in [3.05, 3.63) is 28.8 Å². The zero-order valence-corrected chi connectivity index (χ0v) is 9.18. The maximum absolute atomic E-state index is 11.8. The van der Waals surface area contributed by atoms with Crippen molar-refractivity contribution in [2.45, 2.75) is 12.6 Å². The molecule has 1 aromatic carbocycles. The predicted molar refractivity (Wildman–Crippen MR) is 54.6 cm³/mol. The molecule has 3 nitrogen and oxygen atoms in total. The molecule has 1 N–H and O–H groups in total. The van der Waals surface area contributed by atoms with E-state index in [-0.39, 0.29) is 16.3 Å². The van der Waals surface area contributed by atoms with Crippen molar-refractivity contribution in [2.24, 2.45) is 0 Å². The van der Waals surface area contributed by atoms with Crippen LogP contribution in [0.3, 0.4) is 0 Å². The molecule has 0 aliphatic carbocycles. The van der Waals surface area contributed by atoms with E-state index >= 15 is 0 Å². The predicted octanol–water partition coefficient (Wildman–Crippen LogP) is 3.37. The summed E-state index contributed by atoms with van der Waals surface area (Å²) in [6.45, 7) is -0.535. The van der Waals surface area contributed by atoms with Crippen LogP contribution >= 0.6 is 11.6 Å². The maximum atomic E-state index is 11.8. The number of alkyl halides is 3. The maximum Gasteiger partial charge on any atom is 0.392 e. The minimum Gasteiger partial charge on any atom is -0.493 e. The summed E-state index contributed by atoms with van der Waals surface area (Å²) in [6.07, 6.45) is -5.36. The summed E-state index contributed by atoms with van der Waals surface area (Å²) in [4.78, 5) is 10.6. The van der Waals surface area contributed by atoms with Gasteiger partial charge in [-0.2, -0.15) is 13.2 Å². The van der Waals surface area contributed by atoms with E-state index in [2.05, 4.69) is 0 Å². The molecule has 0 saturated carbocycles. The first kappa shape index (κ1) is 13.6. The smallest absolute Gasteiger partial charge is 0.392 e. The number of halogens is 4. The minimum atomic E-state index is -4.29. The van der Waals surface area contributed by atoms with Crippen molar-refractivity contribution in [3.63, 3.8) is 0 Å². The van der Waals surface area contributed by atoms with Gasteiger partial charge in [-0.05, 0) is 18.2 Å². The Bertz CT molecular complexity index is 418. The lowest BCUT2D eigenvalue weighted by Gasteiger charge is -2.09. The van der Waals surface area contributed by atoms with Gasteiger partial charge >= 0.3 is 12.1 Å². The van der Waals surface area contributed by atoms with Crippen LogP contribution in [-0.2, 0) is 0 Å². The highest BCUT2D eigenvalue weighted by Gasteiger charge is 2.26. The summed E-state index contributed by atoms with van der Waals surface area (Å²) in [7, 11) is 0. The molecule has 0 bridgehead atoms. The summed E-state index contributed by atoms with van der Waals surface area (Å²) < 4.78 is 40.3. The van der Waals surface area contributed by atoms with Crippen LogP contribution in [0.15, 0.2) is 18.2 Å². The van der Waals surface area contributed by atoms with E-state index in [1.165, 1.54) is 18.2 Å². The zero-order valence-electron chi connectivity index (χ0n) is 8.42. The molecule has 1 aromatic rings. The topological polar surface area (TPSA) is 46.5 Å². The minimum absolute atomic E-state index is 0.0815. The van der Waals surface area contributed by atoms with Crippen molar-refractivity contribution in [1.82, 2.24) is 0 Å². The number of aromatic carboxylic acids is 1. The van der Waals surface area contributed by atoms with Gasteiger partial charge in [0.2, 0.25) is 0 Å². The number of carbonyl (C=O) groups is 1. The molecule has 0 amide bonds. The molecule has 7 heteroatoms. The Morgan fingerprint density at radius 1 is 1.41 bits per heavy atom. The summed E-state index contributed by atoms with van der Waals surface area (Å²) in [5.74, 6) is -1.11. The molecule has 17 heavy (non-hydrogen) atoms. The van der Waals surface area contributed by atoms with Crippen molar-refractivity contribution >= 4 is 17.6 Å². The molecule has 0 spiro atoms. The van der Waals surface area contributed by atoms with Gasteiger partial charge < -0.3 is 9.84 Å². The molecule has 1 rings (SSSR count). The average Bonchev–Trinajstić information content (AvgIpc) is 2.15. The molecule has 0 heterocycles. The van der Waals surface area contributed by atoms with Crippen LogP contribution in [0.4, 0.5) is 13.2 Å². The van der Waals surface area contributed by atoms with Crippen LogP contribution in [0, 0.1) is 0 Å². The van der Waals surface area contributed by atoms with Gasteiger partial charge in [0.15, 0.2) is 0 Å². The van der Waals surface area contributed by atoms with Crippen LogP contribution in [-0.4, -0.2) is 23.9 Å². The molecule has 0 saturated heterocycles. The Labute approximate surface area is 99.8 Å². The number of carboxylic acids is 1. The first-order chi connectivity index (χ1) is 7.79. The van der Waals surface area contributed by atoms with Crippen LogP contribution in [0.2, 0.25) is 5.02 Å². The fourth-order valence-electron chi connectivity index (χ4n) is 1.04. The van der Waals surface area contributed by atoms with Gasteiger partial charge in [-0.25, -0.2) is 4.79 Å². The van der Waals surface area contributed by atoms with E-state index in [1.54, 1.807) is 0 Å². The molecule has 0 aromatic heterocycles. The fourth-order valence-corrected chi connectivity index (χ4v) is 1.30. The number of rotatable bonds is 4. The molecule has 0 radical (unpaired) electrons. The van der Waals surface area contributed by atoms with Gasteiger partial charge in [0.05, 0.1) is 23.6 Å². The monoisotopic (exact) mass is 268 g/mol. The van der Waals surface area contributed by atoms with E-state index in [9.17, 15) is 18.0 Å². The number of hydrogen-bond acceptors (Lipinski definition) is 2. The number of ether oxygens (including phenoxy) is 1. The van der Waals surface area contributed by atoms with Crippen molar-refractivity contribution in [2.75, 3.05) is 6.61 Å². The van der Waals surface area contributed by atoms with Crippen molar-refractivity contribution in [1.29, 1.82) is 0 Å². The van der Waals surface area contributed by atoms with E-state index in [1.807, 2.05) is 0 Å². The van der Waals surface area contributed by atoms with E-state index < -0.39 is 25.2 Å². The SMILES string of the molecule is O=C(O)c1ccc(OCCC(F)(F)F)cc1Cl. The first-order valence-electron chi connectivity index (χ1n) is 4.52. The Morgan fingerprint density at radius 2 is 2.06 bits per heavy atom. The highest BCUT2D eigenvalue weighted by Crippen LogP contribution is 2.24. The average molecular weight is 269 g/mol. The second-order valence-corrected chi connectivity index (χ2v) is 3.57. The second kappa shape index (κ2) is 5.27. The number of hydrogen-bond donors (Lipinski definition) is 1. The van der Waals surface area contributed by atoms with Crippen LogP contribution in [0.5, 0.6) is 5.75 Å². The lowest BCUT2D eigenvalue weighted by atomic mass is 10.2. The van der Waals surface area contributed by atoms with Crippen LogP contribution in [0.1, 0.15) is 16.8 Å². The van der Waals surface area contributed by atoms with Crippen LogP contribution in [0.25, 0.3) is 0 Å². The molecule has 94 valence electrons. The van der Waals surface area contributed by atoms with Gasteiger partial charge in [0, 0.05) is 0 Å². The quantitative estimate of drug-likeness (QED) is 0.911. The normalized spacial score (nSPS) is 11.3. The molecule has 0 fully saturated rings. The van der Waals surface area contributed by atoms with Crippen LogP contribution < -0.4 is 4.74 Å². The van der Waals surface area contributed by atoms with Crippen molar-refractivity contribution in [3.8, 4) is 5.75 Å². The van der Waals surface area contributed by atoms with E-state index in [0.717, 1.165) is 0 Å². The Kier molecular flexibility index (Phi) is 4.22. The third-order valence-electron chi connectivity index (χ3n) is 1.83. The fraction of sp³-hybridized carbons (Fsp3) is 0.300. The second-order valence-electron chi connectivity index (χ2n) is 3.16. The summed E-state index contributed by atoms with van der Waals surface area (Å²) in [6, 6.07) is 3.60. The van der Waals surface area contributed by atoms with Gasteiger partial charge in [-0.1, -0.05) is 11.6 Å². The lowest BCUT2D eigenvalue weighted by Crippen LogP contribution is -2.13.